The highest BCUT2D eigenvalue weighted by molar-refractivity contribution is 7.71. The molecule has 0 spiro atoms. The van der Waals surface area contributed by atoms with Crippen LogP contribution in [0.4, 0.5) is 0 Å². The smallest absolute Gasteiger partial charge is 0.178 e. The van der Waals surface area contributed by atoms with Gasteiger partial charge in [0, 0.05) is 19.2 Å². The Hall–Kier alpha value is -1.33. The van der Waals surface area contributed by atoms with Crippen LogP contribution in [0.15, 0.2) is 18.2 Å². The monoisotopic (exact) mass is 277 g/mol. The first-order valence-corrected chi connectivity index (χ1v) is 7.03. The third-order valence-electron chi connectivity index (χ3n) is 3.91. The first kappa shape index (κ1) is 12.7. The standard InChI is InChI=1S/C14H19N3OS/c1-16-6-5-10(8-16)9-17-13-4-3-11(18-2)7-12(13)15-14(17)19/h3-4,7,10H,5-6,8-9H2,1-2H3,(H,15,19). The average Bonchev–Trinajstić information content (AvgIpc) is 2.94. The fourth-order valence-electron chi connectivity index (χ4n) is 2.88. The van der Waals surface area contributed by atoms with Crippen LogP contribution in [0.25, 0.3) is 11.0 Å². The van der Waals surface area contributed by atoms with Crippen LogP contribution in [0.2, 0.25) is 0 Å². The predicted molar refractivity (Wildman–Crippen MR) is 79.3 cm³/mol. The summed E-state index contributed by atoms with van der Waals surface area (Å²) in [5.41, 5.74) is 2.22. The van der Waals surface area contributed by atoms with Crippen LogP contribution >= 0.6 is 12.2 Å². The molecule has 1 aliphatic heterocycles. The highest BCUT2D eigenvalue weighted by Gasteiger charge is 2.20. The SMILES string of the molecule is COc1ccc2c(c1)[nH]c(=S)n2CC1CCN(C)C1. The summed E-state index contributed by atoms with van der Waals surface area (Å²) in [4.78, 5) is 5.65. The molecule has 1 unspecified atom stereocenters. The van der Waals surface area contributed by atoms with Gasteiger partial charge < -0.3 is 19.2 Å². The van der Waals surface area contributed by atoms with Crippen molar-refractivity contribution in [1.82, 2.24) is 14.5 Å². The van der Waals surface area contributed by atoms with Crippen molar-refractivity contribution in [2.24, 2.45) is 5.92 Å². The second kappa shape index (κ2) is 4.98. The lowest BCUT2D eigenvalue weighted by molar-refractivity contribution is 0.379. The highest BCUT2D eigenvalue weighted by atomic mass is 32.1. The Labute approximate surface area is 118 Å². The molecule has 4 nitrogen and oxygen atoms in total. The number of likely N-dealkylation sites (tertiary alicyclic amines) is 1. The maximum atomic E-state index is 5.45. The highest BCUT2D eigenvalue weighted by Crippen LogP contribution is 2.23. The van der Waals surface area contributed by atoms with E-state index in [-0.39, 0.29) is 0 Å². The molecule has 1 aromatic heterocycles. The Kier molecular flexibility index (Phi) is 3.33. The van der Waals surface area contributed by atoms with Gasteiger partial charge in [0.15, 0.2) is 4.77 Å². The minimum atomic E-state index is 0.692. The van der Waals surface area contributed by atoms with Crippen LogP contribution in [0, 0.1) is 10.7 Å². The van der Waals surface area contributed by atoms with Gasteiger partial charge >= 0.3 is 0 Å². The van der Waals surface area contributed by atoms with Crippen LogP contribution in [-0.4, -0.2) is 41.7 Å². The zero-order valence-electron chi connectivity index (χ0n) is 11.3. The summed E-state index contributed by atoms with van der Waals surface area (Å²) in [5.74, 6) is 1.55. The number of rotatable bonds is 3. The van der Waals surface area contributed by atoms with E-state index in [1.807, 2.05) is 12.1 Å². The van der Waals surface area contributed by atoms with Gasteiger partial charge in [0.1, 0.15) is 5.75 Å². The zero-order chi connectivity index (χ0) is 13.4. The van der Waals surface area contributed by atoms with E-state index in [1.54, 1.807) is 7.11 Å². The van der Waals surface area contributed by atoms with Crippen molar-refractivity contribution >= 4 is 23.3 Å². The summed E-state index contributed by atoms with van der Waals surface area (Å²) in [7, 11) is 3.86. The van der Waals surface area contributed by atoms with E-state index in [9.17, 15) is 0 Å². The number of aromatic nitrogens is 2. The molecule has 1 aliphatic rings. The van der Waals surface area contributed by atoms with Gasteiger partial charge in [-0.3, -0.25) is 0 Å². The molecule has 2 aromatic rings. The third-order valence-corrected chi connectivity index (χ3v) is 4.23. The maximum absolute atomic E-state index is 5.45. The number of hydrogen-bond donors (Lipinski definition) is 1. The molecule has 0 bridgehead atoms. The van der Waals surface area contributed by atoms with Crippen molar-refractivity contribution in [3.05, 3.63) is 23.0 Å². The van der Waals surface area contributed by atoms with Crippen molar-refractivity contribution in [3.63, 3.8) is 0 Å². The molecule has 19 heavy (non-hydrogen) atoms. The molecule has 3 rings (SSSR count). The largest absolute Gasteiger partial charge is 0.497 e. The van der Waals surface area contributed by atoms with E-state index in [0.717, 1.165) is 29.1 Å². The van der Waals surface area contributed by atoms with Crippen molar-refractivity contribution in [2.45, 2.75) is 13.0 Å². The number of benzene rings is 1. The van der Waals surface area contributed by atoms with Crippen LogP contribution < -0.4 is 4.74 Å². The molecule has 102 valence electrons. The normalized spacial score (nSPS) is 20.2. The number of nitrogens with zero attached hydrogens (tertiary/aromatic N) is 2. The summed E-state index contributed by atoms with van der Waals surface area (Å²) < 4.78 is 8.27. The van der Waals surface area contributed by atoms with Gasteiger partial charge in [-0.1, -0.05) is 0 Å². The summed E-state index contributed by atoms with van der Waals surface area (Å²) in [6.45, 7) is 3.34. The molecule has 1 aromatic carbocycles. The molecule has 5 heteroatoms. The zero-order valence-corrected chi connectivity index (χ0v) is 12.2. The van der Waals surface area contributed by atoms with Crippen LogP contribution in [0.1, 0.15) is 6.42 Å². The molecule has 1 fully saturated rings. The van der Waals surface area contributed by atoms with E-state index in [2.05, 4.69) is 27.6 Å². The van der Waals surface area contributed by atoms with E-state index in [1.165, 1.54) is 18.5 Å². The summed E-state index contributed by atoms with van der Waals surface area (Å²) in [6.07, 6.45) is 1.25. The van der Waals surface area contributed by atoms with Gasteiger partial charge in [0.05, 0.1) is 18.1 Å². The van der Waals surface area contributed by atoms with Gasteiger partial charge in [0.25, 0.3) is 0 Å². The van der Waals surface area contributed by atoms with E-state index < -0.39 is 0 Å². The molecule has 1 saturated heterocycles. The number of nitrogens with one attached hydrogen (secondary N) is 1. The maximum Gasteiger partial charge on any atom is 0.178 e. The van der Waals surface area contributed by atoms with Gasteiger partial charge in [-0.25, -0.2) is 0 Å². The van der Waals surface area contributed by atoms with Crippen LogP contribution in [0.3, 0.4) is 0 Å². The lowest BCUT2D eigenvalue weighted by Gasteiger charge is -2.12. The predicted octanol–water partition coefficient (Wildman–Crippen LogP) is 2.66. The van der Waals surface area contributed by atoms with Crippen LogP contribution in [0.5, 0.6) is 5.75 Å². The first-order chi connectivity index (χ1) is 9.17. The third kappa shape index (κ3) is 2.40. The number of aromatic amines is 1. The summed E-state index contributed by atoms with van der Waals surface area (Å²) in [6, 6.07) is 6.07. The summed E-state index contributed by atoms with van der Waals surface area (Å²) >= 11 is 5.45. The Morgan fingerprint density at radius 1 is 1.47 bits per heavy atom. The Balaban J connectivity index is 1.94. The van der Waals surface area contributed by atoms with Gasteiger partial charge in [-0.2, -0.15) is 0 Å². The lowest BCUT2D eigenvalue weighted by Crippen LogP contribution is -2.17. The van der Waals surface area contributed by atoms with Crippen LogP contribution in [-0.2, 0) is 6.54 Å². The first-order valence-electron chi connectivity index (χ1n) is 6.62. The number of hydrogen-bond acceptors (Lipinski definition) is 3. The fraction of sp³-hybridized carbons (Fsp3) is 0.500. The van der Waals surface area contributed by atoms with Crippen molar-refractivity contribution < 1.29 is 4.74 Å². The quantitative estimate of drug-likeness (QED) is 0.876. The molecule has 0 saturated carbocycles. The number of ether oxygens (including phenoxy) is 1. The lowest BCUT2D eigenvalue weighted by atomic mass is 10.1. The van der Waals surface area contributed by atoms with E-state index >= 15 is 0 Å². The van der Waals surface area contributed by atoms with E-state index in [4.69, 9.17) is 17.0 Å². The minimum Gasteiger partial charge on any atom is -0.497 e. The molecule has 0 aliphatic carbocycles. The summed E-state index contributed by atoms with van der Waals surface area (Å²) in [5, 5.41) is 0. The second-order valence-corrected chi connectivity index (χ2v) is 5.73. The molecule has 0 amide bonds. The average molecular weight is 277 g/mol. The molecule has 1 N–H and O–H groups in total. The molecular formula is C14H19N3OS. The van der Waals surface area contributed by atoms with Crippen molar-refractivity contribution in [3.8, 4) is 5.75 Å². The van der Waals surface area contributed by atoms with Crippen molar-refractivity contribution in [1.29, 1.82) is 0 Å². The van der Waals surface area contributed by atoms with Gasteiger partial charge in [-0.15, -0.1) is 0 Å². The van der Waals surface area contributed by atoms with E-state index in [0.29, 0.717) is 5.92 Å². The molecule has 0 radical (unpaired) electrons. The number of imidazole rings is 1. The second-order valence-electron chi connectivity index (χ2n) is 5.34. The van der Waals surface area contributed by atoms with Gasteiger partial charge in [-0.05, 0) is 50.3 Å². The van der Waals surface area contributed by atoms with Gasteiger partial charge in [0.2, 0.25) is 0 Å². The molecular weight excluding hydrogens is 258 g/mol. The minimum absolute atomic E-state index is 0.692. The fourth-order valence-corrected chi connectivity index (χ4v) is 3.17. The Bertz CT molecular complexity index is 646. The Morgan fingerprint density at radius 3 is 3.00 bits per heavy atom. The molecule has 2 heterocycles. The topological polar surface area (TPSA) is 33.2 Å². The molecule has 1 atom stereocenters. The number of H-pyrrole nitrogens is 1. The number of methoxy groups -OCH3 is 1. The Morgan fingerprint density at radius 2 is 2.32 bits per heavy atom. The number of fused-ring (bicyclic) bond motifs is 1. The van der Waals surface area contributed by atoms with Crippen molar-refractivity contribution in [2.75, 3.05) is 27.2 Å².